The molecule has 0 atom stereocenters. The minimum Gasteiger partial charge on any atom is -0.343 e. The first-order chi connectivity index (χ1) is 9.57. The summed E-state index contributed by atoms with van der Waals surface area (Å²) in [5.74, 6) is 0.227. The normalized spacial score (nSPS) is 10.1. The molecular weight excluding hydrogens is 276 g/mol. The molecule has 0 spiro atoms. The summed E-state index contributed by atoms with van der Waals surface area (Å²) >= 11 is 1.18. The van der Waals surface area contributed by atoms with Crippen LogP contribution in [0.3, 0.4) is 0 Å². The Bertz CT molecular complexity index is 573. The van der Waals surface area contributed by atoms with Crippen LogP contribution in [0.25, 0.3) is 0 Å². The van der Waals surface area contributed by atoms with E-state index in [1.54, 1.807) is 4.90 Å². The molecule has 108 valence electrons. The first-order valence-electron chi connectivity index (χ1n) is 6.51. The van der Waals surface area contributed by atoms with Gasteiger partial charge >= 0.3 is 0 Å². The Kier molecular flexibility index (Phi) is 6.25. The van der Waals surface area contributed by atoms with E-state index in [9.17, 15) is 9.59 Å². The number of H-pyrrole nitrogens is 1. The van der Waals surface area contributed by atoms with Crippen molar-refractivity contribution in [1.29, 1.82) is 5.26 Å². The lowest BCUT2D eigenvalue weighted by Crippen LogP contribution is -2.32. The van der Waals surface area contributed by atoms with Crippen LogP contribution in [0, 0.1) is 11.3 Å². The molecule has 20 heavy (non-hydrogen) atoms. The molecule has 0 radical (unpaired) electrons. The lowest BCUT2D eigenvalue weighted by atomic mass is 10.2. The fourth-order valence-electron chi connectivity index (χ4n) is 1.73. The zero-order chi connectivity index (χ0) is 15.1. The number of aryl methyl sites for hydroxylation is 1. The zero-order valence-corrected chi connectivity index (χ0v) is 12.7. The van der Waals surface area contributed by atoms with Crippen molar-refractivity contribution in [3.8, 4) is 6.07 Å². The molecule has 0 aromatic carbocycles. The number of hydrogen-bond acceptors (Lipinski definition) is 5. The average Bonchev–Trinajstić information content (AvgIpc) is 2.45. The van der Waals surface area contributed by atoms with Crippen LogP contribution in [0.2, 0.25) is 0 Å². The van der Waals surface area contributed by atoms with Gasteiger partial charge in [-0.05, 0) is 20.3 Å². The summed E-state index contributed by atoms with van der Waals surface area (Å²) < 4.78 is 0. The number of hydrogen-bond donors (Lipinski definition) is 1. The van der Waals surface area contributed by atoms with Gasteiger partial charge in [0, 0.05) is 13.1 Å². The smallest absolute Gasteiger partial charge is 0.269 e. The summed E-state index contributed by atoms with van der Waals surface area (Å²) in [7, 11) is 0. The summed E-state index contributed by atoms with van der Waals surface area (Å²) in [5.41, 5.74) is 0.0677. The predicted molar refractivity (Wildman–Crippen MR) is 77.6 cm³/mol. The second kappa shape index (κ2) is 7.70. The van der Waals surface area contributed by atoms with Gasteiger partial charge in [-0.2, -0.15) is 5.26 Å². The maximum atomic E-state index is 11.9. The molecule has 0 bridgehead atoms. The van der Waals surface area contributed by atoms with E-state index in [-0.39, 0.29) is 17.2 Å². The van der Waals surface area contributed by atoms with Crippen molar-refractivity contribution >= 4 is 17.7 Å². The highest BCUT2D eigenvalue weighted by Crippen LogP contribution is 2.13. The number of amides is 1. The molecule has 0 unspecified atom stereocenters. The van der Waals surface area contributed by atoms with E-state index in [0.717, 1.165) is 0 Å². The van der Waals surface area contributed by atoms with E-state index >= 15 is 0 Å². The van der Waals surface area contributed by atoms with E-state index in [1.807, 2.05) is 26.8 Å². The van der Waals surface area contributed by atoms with Crippen molar-refractivity contribution in [1.82, 2.24) is 14.9 Å². The van der Waals surface area contributed by atoms with Crippen LogP contribution in [0.15, 0.2) is 9.95 Å². The van der Waals surface area contributed by atoms with Crippen LogP contribution in [-0.4, -0.2) is 39.6 Å². The Labute approximate surface area is 122 Å². The summed E-state index contributed by atoms with van der Waals surface area (Å²) in [5, 5.41) is 9.28. The fourth-order valence-corrected chi connectivity index (χ4v) is 2.52. The third-order valence-corrected chi connectivity index (χ3v) is 3.73. The number of thioether (sulfide) groups is 1. The van der Waals surface area contributed by atoms with Gasteiger partial charge in [0.25, 0.3) is 5.56 Å². The van der Waals surface area contributed by atoms with Crippen molar-refractivity contribution in [3.05, 3.63) is 21.6 Å². The van der Waals surface area contributed by atoms with Gasteiger partial charge in [0.2, 0.25) is 5.91 Å². The molecule has 0 aliphatic rings. The maximum Gasteiger partial charge on any atom is 0.269 e. The molecule has 0 aliphatic heterocycles. The third-order valence-electron chi connectivity index (χ3n) is 2.87. The molecule has 1 rings (SSSR count). The Morgan fingerprint density at radius 1 is 1.40 bits per heavy atom. The summed E-state index contributed by atoms with van der Waals surface area (Å²) in [4.78, 5) is 32.1. The van der Waals surface area contributed by atoms with Crippen LogP contribution >= 0.6 is 11.8 Å². The van der Waals surface area contributed by atoms with Gasteiger partial charge in [-0.1, -0.05) is 18.7 Å². The lowest BCUT2D eigenvalue weighted by molar-refractivity contribution is -0.127. The molecule has 0 saturated carbocycles. The first kappa shape index (κ1) is 16.2. The van der Waals surface area contributed by atoms with Gasteiger partial charge in [0.1, 0.15) is 11.6 Å². The van der Waals surface area contributed by atoms with Crippen LogP contribution in [0.5, 0.6) is 0 Å². The highest BCUT2D eigenvalue weighted by atomic mass is 32.2. The lowest BCUT2D eigenvalue weighted by Gasteiger charge is -2.17. The Morgan fingerprint density at radius 3 is 2.55 bits per heavy atom. The Balaban J connectivity index is 2.85. The molecule has 0 aliphatic carbocycles. The Hall–Kier alpha value is -1.81. The number of nitriles is 1. The fraction of sp³-hybridized carbons (Fsp3) is 0.538. The van der Waals surface area contributed by atoms with Crippen molar-refractivity contribution in [2.24, 2.45) is 0 Å². The second-order valence-electron chi connectivity index (χ2n) is 4.01. The van der Waals surface area contributed by atoms with Gasteiger partial charge in [-0.25, -0.2) is 4.98 Å². The number of rotatable bonds is 6. The monoisotopic (exact) mass is 294 g/mol. The molecule has 0 saturated heterocycles. The number of nitrogens with one attached hydrogen (secondary N) is 1. The van der Waals surface area contributed by atoms with E-state index in [4.69, 9.17) is 5.26 Å². The Morgan fingerprint density at radius 2 is 2.05 bits per heavy atom. The first-order valence-corrected chi connectivity index (χ1v) is 7.49. The van der Waals surface area contributed by atoms with E-state index in [1.165, 1.54) is 11.8 Å². The highest BCUT2D eigenvalue weighted by Gasteiger charge is 2.13. The molecule has 1 amide bonds. The molecule has 1 aromatic rings. The standard InChI is InChI=1S/C13H18N4O2S/c1-4-10-9(7-14)12(19)16-13(15-10)20-8-11(18)17(5-2)6-3/h4-6,8H2,1-3H3,(H,15,16,19). The molecule has 1 heterocycles. The minimum absolute atomic E-state index is 0.00468. The van der Waals surface area contributed by atoms with Gasteiger partial charge in [-0.15, -0.1) is 0 Å². The number of carbonyl (C=O) groups excluding carboxylic acids is 1. The molecule has 0 fully saturated rings. The van der Waals surface area contributed by atoms with Crippen LogP contribution in [-0.2, 0) is 11.2 Å². The minimum atomic E-state index is -0.447. The third kappa shape index (κ3) is 3.84. The average molecular weight is 294 g/mol. The maximum absolute atomic E-state index is 11.9. The predicted octanol–water partition coefficient (Wildman–Crippen LogP) is 1.16. The SMILES string of the molecule is CCc1nc(SCC(=O)N(CC)CC)[nH]c(=O)c1C#N. The largest absolute Gasteiger partial charge is 0.343 e. The van der Waals surface area contributed by atoms with Crippen molar-refractivity contribution in [3.63, 3.8) is 0 Å². The van der Waals surface area contributed by atoms with Crippen LogP contribution in [0.1, 0.15) is 32.0 Å². The van der Waals surface area contributed by atoms with Crippen LogP contribution < -0.4 is 5.56 Å². The number of aromatic nitrogens is 2. The highest BCUT2D eigenvalue weighted by molar-refractivity contribution is 7.99. The van der Waals surface area contributed by atoms with Crippen molar-refractivity contribution < 1.29 is 4.79 Å². The van der Waals surface area contributed by atoms with Crippen molar-refractivity contribution in [2.75, 3.05) is 18.8 Å². The molecule has 1 aromatic heterocycles. The second-order valence-corrected chi connectivity index (χ2v) is 4.98. The van der Waals surface area contributed by atoms with Gasteiger partial charge in [0.05, 0.1) is 11.4 Å². The zero-order valence-electron chi connectivity index (χ0n) is 11.9. The number of carbonyl (C=O) groups is 1. The number of aromatic amines is 1. The quantitative estimate of drug-likeness (QED) is 0.628. The molecule has 1 N–H and O–H groups in total. The topological polar surface area (TPSA) is 89.8 Å². The van der Waals surface area contributed by atoms with E-state index in [2.05, 4.69) is 9.97 Å². The molecule has 7 heteroatoms. The molecule has 6 nitrogen and oxygen atoms in total. The number of nitrogens with zero attached hydrogens (tertiary/aromatic N) is 3. The van der Waals surface area contributed by atoms with Gasteiger partial charge < -0.3 is 9.88 Å². The summed E-state index contributed by atoms with van der Waals surface area (Å²) in [6.45, 7) is 6.99. The molecular formula is C13H18N4O2S. The summed E-state index contributed by atoms with van der Waals surface area (Å²) in [6, 6.07) is 1.85. The summed E-state index contributed by atoms with van der Waals surface area (Å²) in [6.07, 6.45) is 0.504. The van der Waals surface area contributed by atoms with Gasteiger partial charge in [0.15, 0.2) is 5.16 Å². The van der Waals surface area contributed by atoms with Crippen LogP contribution in [0.4, 0.5) is 0 Å². The van der Waals surface area contributed by atoms with E-state index < -0.39 is 5.56 Å². The van der Waals surface area contributed by atoms with E-state index in [0.29, 0.717) is 30.4 Å². The van der Waals surface area contributed by atoms with Gasteiger partial charge in [-0.3, -0.25) is 9.59 Å². The van der Waals surface area contributed by atoms with Crippen molar-refractivity contribution in [2.45, 2.75) is 32.3 Å².